The molecule has 0 unspecified atom stereocenters. The van der Waals surface area contributed by atoms with Crippen molar-refractivity contribution < 1.29 is 0 Å². The van der Waals surface area contributed by atoms with E-state index in [1.807, 2.05) is 13.8 Å². The van der Waals surface area contributed by atoms with Crippen molar-refractivity contribution in [1.82, 2.24) is 0 Å². The SMILES string of the molecule is CC(C)(N)c1cc(Cl)ccc1Cl.Cl. The lowest BCUT2D eigenvalue weighted by Crippen LogP contribution is -2.28. The van der Waals surface area contributed by atoms with E-state index in [1.165, 1.54) is 0 Å². The van der Waals surface area contributed by atoms with Gasteiger partial charge in [0.1, 0.15) is 0 Å². The van der Waals surface area contributed by atoms with Crippen molar-refractivity contribution in [2.24, 2.45) is 5.73 Å². The second-order valence-corrected chi connectivity index (χ2v) is 4.19. The van der Waals surface area contributed by atoms with E-state index in [1.54, 1.807) is 18.2 Å². The van der Waals surface area contributed by atoms with Crippen LogP contribution in [0.25, 0.3) is 0 Å². The van der Waals surface area contributed by atoms with E-state index >= 15 is 0 Å². The summed E-state index contributed by atoms with van der Waals surface area (Å²) in [5.74, 6) is 0. The summed E-state index contributed by atoms with van der Waals surface area (Å²) in [7, 11) is 0. The van der Waals surface area contributed by atoms with Crippen LogP contribution in [0.5, 0.6) is 0 Å². The lowest BCUT2D eigenvalue weighted by Gasteiger charge is -2.20. The molecule has 0 fully saturated rings. The van der Waals surface area contributed by atoms with E-state index in [0.717, 1.165) is 5.56 Å². The number of hydrogen-bond acceptors (Lipinski definition) is 1. The second-order valence-electron chi connectivity index (χ2n) is 3.35. The Labute approximate surface area is 94.6 Å². The highest BCUT2D eigenvalue weighted by Crippen LogP contribution is 2.28. The van der Waals surface area contributed by atoms with Crippen molar-refractivity contribution in [2.75, 3.05) is 0 Å². The first-order valence-electron chi connectivity index (χ1n) is 3.65. The Bertz CT molecular complexity index is 291. The van der Waals surface area contributed by atoms with Crippen LogP contribution in [0.1, 0.15) is 19.4 Å². The fraction of sp³-hybridized carbons (Fsp3) is 0.333. The number of nitrogens with two attached hydrogens (primary N) is 1. The summed E-state index contributed by atoms with van der Waals surface area (Å²) in [5.41, 5.74) is 6.31. The number of rotatable bonds is 1. The van der Waals surface area contributed by atoms with Crippen molar-refractivity contribution in [1.29, 1.82) is 0 Å². The molecule has 1 aromatic carbocycles. The Morgan fingerprint density at radius 2 is 1.77 bits per heavy atom. The van der Waals surface area contributed by atoms with Gasteiger partial charge in [-0.05, 0) is 37.6 Å². The monoisotopic (exact) mass is 239 g/mol. The third-order valence-electron chi connectivity index (χ3n) is 1.62. The van der Waals surface area contributed by atoms with E-state index in [4.69, 9.17) is 28.9 Å². The normalized spacial score (nSPS) is 10.8. The highest BCUT2D eigenvalue weighted by Gasteiger charge is 2.17. The number of hydrogen-bond donors (Lipinski definition) is 1. The fourth-order valence-corrected chi connectivity index (χ4v) is 1.52. The highest BCUT2D eigenvalue weighted by molar-refractivity contribution is 6.33. The predicted octanol–water partition coefficient (Wildman–Crippen LogP) is 3.61. The molecule has 0 saturated carbocycles. The van der Waals surface area contributed by atoms with Crippen LogP contribution in [0.15, 0.2) is 18.2 Å². The van der Waals surface area contributed by atoms with E-state index < -0.39 is 5.54 Å². The molecule has 1 aromatic rings. The van der Waals surface area contributed by atoms with Gasteiger partial charge in [0.15, 0.2) is 0 Å². The summed E-state index contributed by atoms with van der Waals surface area (Å²) in [6.45, 7) is 3.79. The lowest BCUT2D eigenvalue weighted by atomic mass is 9.96. The molecule has 13 heavy (non-hydrogen) atoms. The van der Waals surface area contributed by atoms with E-state index in [9.17, 15) is 0 Å². The molecule has 74 valence electrons. The molecule has 0 aliphatic heterocycles. The van der Waals surface area contributed by atoms with Crippen LogP contribution >= 0.6 is 35.6 Å². The third-order valence-corrected chi connectivity index (χ3v) is 2.19. The summed E-state index contributed by atoms with van der Waals surface area (Å²) < 4.78 is 0. The average molecular weight is 241 g/mol. The van der Waals surface area contributed by atoms with Gasteiger partial charge in [-0.25, -0.2) is 0 Å². The summed E-state index contributed by atoms with van der Waals surface area (Å²) >= 11 is 11.8. The molecule has 0 radical (unpaired) electrons. The minimum atomic E-state index is -0.442. The molecule has 4 heteroatoms. The molecule has 0 saturated heterocycles. The first-order valence-corrected chi connectivity index (χ1v) is 4.41. The molecular formula is C9H12Cl3N. The van der Waals surface area contributed by atoms with Gasteiger partial charge in [0.25, 0.3) is 0 Å². The molecule has 0 spiro atoms. The molecule has 0 atom stereocenters. The number of benzene rings is 1. The van der Waals surface area contributed by atoms with Crippen molar-refractivity contribution in [2.45, 2.75) is 19.4 Å². The smallest absolute Gasteiger partial charge is 0.0457 e. The average Bonchev–Trinajstić information content (AvgIpc) is 1.92. The first kappa shape index (κ1) is 13.1. The van der Waals surface area contributed by atoms with Gasteiger partial charge in [-0.1, -0.05) is 23.2 Å². The van der Waals surface area contributed by atoms with Gasteiger partial charge in [-0.2, -0.15) is 0 Å². The molecule has 0 aromatic heterocycles. The first-order chi connectivity index (χ1) is 5.41. The van der Waals surface area contributed by atoms with Crippen LogP contribution in [-0.4, -0.2) is 0 Å². The Hall–Kier alpha value is 0.0500. The maximum Gasteiger partial charge on any atom is 0.0457 e. The van der Waals surface area contributed by atoms with Gasteiger partial charge in [0, 0.05) is 15.6 Å². The Morgan fingerprint density at radius 1 is 1.23 bits per heavy atom. The molecule has 0 amide bonds. The Morgan fingerprint density at radius 3 is 2.15 bits per heavy atom. The van der Waals surface area contributed by atoms with Crippen LogP contribution in [0.3, 0.4) is 0 Å². The van der Waals surface area contributed by atoms with Crippen LogP contribution in [-0.2, 0) is 5.54 Å². The fourth-order valence-electron chi connectivity index (χ4n) is 0.991. The maximum atomic E-state index is 5.94. The minimum Gasteiger partial charge on any atom is -0.322 e. The topological polar surface area (TPSA) is 26.0 Å². The summed E-state index contributed by atoms with van der Waals surface area (Å²) in [5, 5.41) is 1.32. The second kappa shape index (κ2) is 4.52. The zero-order chi connectivity index (χ0) is 9.35. The molecule has 0 aliphatic carbocycles. The van der Waals surface area contributed by atoms with Gasteiger partial charge < -0.3 is 5.73 Å². The van der Waals surface area contributed by atoms with Crippen molar-refractivity contribution >= 4 is 35.6 Å². The van der Waals surface area contributed by atoms with Crippen molar-refractivity contribution in [3.63, 3.8) is 0 Å². The predicted molar refractivity (Wildman–Crippen MR) is 60.9 cm³/mol. The maximum absolute atomic E-state index is 5.94. The summed E-state index contributed by atoms with van der Waals surface area (Å²) in [6, 6.07) is 5.30. The Balaban J connectivity index is 0.00000144. The van der Waals surface area contributed by atoms with Crippen molar-refractivity contribution in [3.8, 4) is 0 Å². The summed E-state index contributed by atoms with van der Waals surface area (Å²) in [6.07, 6.45) is 0. The quantitative estimate of drug-likeness (QED) is 0.797. The summed E-state index contributed by atoms with van der Waals surface area (Å²) in [4.78, 5) is 0. The number of halogens is 3. The highest BCUT2D eigenvalue weighted by atomic mass is 35.5. The largest absolute Gasteiger partial charge is 0.322 e. The van der Waals surface area contributed by atoms with Crippen LogP contribution in [0, 0.1) is 0 Å². The Kier molecular flexibility index (Phi) is 4.53. The lowest BCUT2D eigenvalue weighted by molar-refractivity contribution is 0.555. The van der Waals surface area contributed by atoms with Crippen LogP contribution < -0.4 is 5.73 Å². The van der Waals surface area contributed by atoms with Crippen LogP contribution in [0.2, 0.25) is 10.0 Å². The molecular weight excluding hydrogens is 228 g/mol. The zero-order valence-corrected chi connectivity index (χ0v) is 9.80. The molecule has 1 rings (SSSR count). The zero-order valence-electron chi connectivity index (χ0n) is 7.47. The van der Waals surface area contributed by atoms with E-state index in [2.05, 4.69) is 0 Å². The molecule has 2 N–H and O–H groups in total. The third kappa shape index (κ3) is 3.35. The van der Waals surface area contributed by atoms with E-state index in [-0.39, 0.29) is 12.4 Å². The van der Waals surface area contributed by atoms with Gasteiger partial charge in [-0.3, -0.25) is 0 Å². The van der Waals surface area contributed by atoms with Gasteiger partial charge in [0.2, 0.25) is 0 Å². The van der Waals surface area contributed by atoms with Gasteiger partial charge >= 0.3 is 0 Å². The van der Waals surface area contributed by atoms with Gasteiger partial charge in [-0.15, -0.1) is 12.4 Å². The van der Waals surface area contributed by atoms with Crippen molar-refractivity contribution in [3.05, 3.63) is 33.8 Å². The molecule has 0 aliphatic rings. The van der Waals surface area contributed by atoms with Crippen LogP contribution in [0.4, 0.5) is 0 Å². The minimum absolute atomic E-state index is 0. The van der Waals surface area contributed by atoms with Gasteiger partial charge in [0.05, 0.1) is 0 Å². The molecule has 0 heterocycles. The van der Waals surface area contributed by atoms with E-state index in [0.29, 0.717) is 10.0 Å². The molecule has 1 nitrogen and oxygen atoms in total. The molecule has 0 bridgehead atoms. The standard InChI is InChI=1S/C9H11Cl2N.ClH/c1-9(2,12)7-5-6(10)3-4-8(7)11;/h3-5H,12H2,1-2H3;1H.